The molecule has 0 fully saturated rings. The Morgan fingerprint density at radius 1 is 1.75 bits per heavy atom. The van der Waals surface area contributed by atoms with Gasteiger partial charge in [0.15, 0.2) is 0 Å². The molecule has 0 atom stereocenters. The summed E-state index contributed by atoms with van der Waals surface area (Å²) in [6.45, 7) is 2.81. The highest BCUT2D eigenvalue weighted by Gasteiger charge is 2.02. The average molecular weight is 181 g/mol. The molecule has 3 N–H and O–H groups in total. The van der Waals surface area contributed by atoms with Crippen LogP contribution in [0.2, 0.25) is 0 Å². The van der Waals surface area contributed by atoms with Gasteiger partial charge in [-0.05, 0) is 19.1 Å². The van der Waals surface area contributed by atoms with Gasteiger partial charge >= 0.3 is 0 Å². The van der Waals surface area contributed by atoms with E-state index in [0.717, 1.165) is 17.9 Å². The maximum Gasteiger partial charge on any atom is 0.136 e. The lowest BCUT2D eigenvalue weighted by Gasteiger charge is -2.06. The zero-order valence-electron chi connectivity index (χ0n) is 6.87. The molecule has 0 unspecified atom stereocenters. The maximum atomic E-state index is 5.50. The Hall–Kier alpha value is -1.16. The summed E-state index contributed by atoms with van der Waals surface area (Å²) in [5, 5.41) is 3.08. The Kier molecular flexibility index (Phi) is 2.99. The summed E-state index contributed by atoms with van der Waals surface area (Å²) in [4.78, 5) is 4.49. The second-order valence-electron chi connectivity index (χ2n) is 2.29. The minimum Gasteiger partial charge on any atom is -0.389 e. The molecule has 1 aromatic heterocycles. The monoisotopic (exact) mass is 181 g/mol. The summed E-state index contributed by atoms with van der Waals surface area (Å²) in [6, 6.07) is 3.67. The number of nitrogens with two attached hydrogens (primary N) is 1. The standard InChI is InChI=1S/C8H11N3S/c1-2-10-8-6(7(9)12)4-3-5-11-8/h3-5H,2H2,1H3,(H2,9,12)(H,10,11). The molecule has 64 valence electrons. The van der Waals surface area contributed by atoms with Crippen LogP contribution in [0.15, 0.2) is 18.3 Å². The lowest BCUT2D eigenvalue weighted by Crippen LogP contribution is -2.13. The number of pyridine rings is 1. The second-order valence-corrected chi connectivity index (χ2v) is 2.73. The molecule has 0 spiro atoms. The summed E-state index contributed by atoms with van der Waals surface area (Å²) in [6.07, 6.45) is 1.71. The molecule has 0 aliphatic heterocycles. The van der Waals surface area contributed by atoms with Gasteiger partial charge in [0.05, 0.1) is 5.56 Å². The molecule has 0 aliphatic rings. The number of nitrogens with one attached hydrogen (secondary N) is 1. The van der Waals surface area contributed by atoms with Gasteiger partial charge in [0.25, 0.3) is 0 Å². The summed E-state index contributed by atoms with van der Waals surface area (Å²) in [5.74, 6) is 0.757. The molecule has 0 saturated carbocycles. The van der Waals surface area contributed by atoms with Crippen molar-refractivity contribution in [3.8, 4) is 0 Å². The fourth-order valence-electron chi connectivity index (χ4n) is 0.912. The number of nitrogens with zero attached hydrogens (tertiary/aromatic N) is 1. The van der Waals surface area contributed by atoms with E-state index < -0.39 is 0 Å². The highest BCUT2D eigenvalue weighted by Crippen LogP contribution is 2.09. The van der Waals surface area contributed by atoms with Crippen LogP contribution in [-0.4, -0.2) is 16.5 Å². The van der Waals surface area contributed by atoms with Crippen molar-refractivity contribution in [1.29, 1.82) is 0 Å². The van der Waals surface area contributed by atoms with E-state index in [1.807, 2.05) is 19.1 Å². The average Bonchev–Trinajstić information content (AvgIpc) is 2.05. The first kappa shape index (κ1) is 8.93. The van der Waals surface area contributed by atoms with Crippen LogP contribution in [-0.2, 0) is 0 Å². The summed E-state index contributed by atoms with van der Waals surface area (Å²) >= 11 is 4.86. The number of hydrogen-bond donors (Lipinski definition) is 2. The molecule has 0 amide bonds. The highest BCUT2D eigenvalue weighted by atomic mass is 32.1. The normalized spacial score (nSPS) is 9.42. The third-order valence-electron chi connectivity index (χ3n) is 1.42. The van der Waals surface area contributed by atoms with E-state index in [1.165, 1.54) is 0 Å². The van der Waals surface area contributed by atoms with E-state index >= 15 is 0 Å². The van der Waals surface area contributed by atoms with Crippen molar-refractivity contribution < 1.29 is 0 Å². The van der Waals surface area contributed by atoms with Gasteiger partial charge in [0.2, 0.25) is 0 Å². The fraction of sp³-hybridized carbons (Fsp3) is 0.250. The molecule has 1 rings (SSSR count). The Balaban J connectivity index is 3.00. The van der Waals surface area contributed by atoms with Crippen LogP contribution in [0.5, 0.6) is 0 Å². The van der Waals surface area contributed by atoms with Crippen molar-refractivity contribution in [3.63, 3.8) is 0 Å². The van der Waals surface area contributed by atoms with E-state index in [-0.39, 0.29) is 0 Å². The second kappa shape index (κ2) is 4.01. The first-order chi connectivity index (χ1) is 5.75. The number of aromatic nitrogens is 1. The van der Waals surface area contributed by atoms with Gasteiger partial charge in [-0.15, -0.1) is 0 Å². The molecule has 0 bridgehead atoms. The largest absolute Gasteiger partial charge is 0.389 e. The van der Waals surface area contributed by atoms with Crippen molar-refractivity contribution in [3.05, 3.63) is 23.9 Å². The SMILES string of the molecule is CCNc1ncccc1C(N)=S. The number of hydrogen-bond acceptors (Lipinski definition) is 3. The molecule has 0 aliphatic carbocycles. The third-order valence-corrected chi connectivity index (χ3v) is 1.64. The quantitative estimate of drug-likeness (QED) is 0.687. The van der Waals surface area contributed by atoms with Crippen LogP contribution in [0.4, 0.5) is 5.82 Å². The molecular weight excluding hydrogens is 170 g/mol. The van der Waals surface area contributed by atoms with E-state index in [1.54, 1.807) is 6.20 Å². The number of thiocarbonyl (C=S) groups is 1. The molecule has 0 saturated heterocycles. The van der Waals surface area contributed by atoms with Crippen LogP contribution in [0.1, 0.15) is 12.5 Å². The first-order valence-electron chi connectivity index (χ1n) is 3.74. The van der Waals surface area contributed by atoms with Crippen LogP contribution >= 0.6 is 12.2 Å². The Bertz CT molecular complexity index is 285. The zero-order valence-corrected chi connectivity index (χ0v) is 7.69. The smallest absolute Gasteiger partial charge is 0.136 e. The van der Waals surface area contributed by atoms with Gasteiger partial charge in [0, 0.05) is 12.7 Å². The van der Waals surface area contributed by atoms with Crippen LogP contribution < -0.4 is 11.1 Å². The van der Waals surface area contributed by atoms with Gasteiger partial charge in [0.1, 0.15) is 10.8 Å². The lowest BCUT2D eigenvalue weighted by atomic mass is 10.2. The van der Waals surface area contributed by atoms with Crippen molar-refractivity contribution >= 4 is 23.0 Å². The molecule has 1 aromatic rings. The minimum absolute atomic E-state index is 0.374. The zero-order chi connectivity index (χ0) is 8.97. The lowest BCUT2D eigenvalue weighted by molar-refractivity contribution is 1.15. The van der Waals surface area contributed by atoms with Gasteiger partial charge < -0.3 is 11.1 Å². The van der Waals surface area contributed by atoms with E-state index in [4.69, 9.17) is 18.0 Å². The predicted octanol–water partition coefficient (Wildman–Crippen LogP) is 1.15. The van der Waals surface area contributed by atoms with E-state index in [9.17, 15) is 0 Å². The van der Waals surface area contributed by atoms with Crippen LogP contribution in [0.25, 0.3) is 0 Å². The highest BCUT2D eigenvalue weighted by molar-refractivity contribution is 7.80. The Labute approximate surface area is 77.0 Å². The van der Waals surface area contributed by atoms with E-state index in [0.29, 0.717) is 4.99 Å². The van der Waals surface area contributed by atoms with Gasteiger partial charge in [-0.3, -0.25) is 0 Å². The molecular formula is C8H11N3S. The third kappa shape index (κ3) is 1.92. The number of anilines is 1. The Morgan fingerprint density at radius 2 is 2.50 bits per heavy atom. The van der Waals surface area contributed by atoms with E-state index in [2.05, 4.69) is 10.3 Å². The van der Waals surface area contributed by atoms with Gasteiger partial charge in [-0.1, -0.05) is 12.2 Å². The summed E-state index contributed by atoms with van der Waals surface area (Å²) in [7, 11) is 0. The Morgan fingerprint density at radius 3 is 3.08 bits per heavy atom. The molecule has 12 heavy (non-hydrogen) atoms. The fourth-order valence-corrected chi connectivity index (χ4v) is 1.08. The molecule has 0 radical (unpaired) electrons. The van der Waals surface area contributed by atoms with Gasteiger partial charge in [-0.25, -0.2) is 4.98 Å². The molecule has 3 nitrogen and oxygen atoms in total. The maximum absolute atomic E-state index is 5.50. The first-order valence-corrected chi connectivity index (χ1v) is 4.15. The van der Waals surface area contributed by atoms with Crippen molar-refractivity contribution in [2.24, 2.45) is 5.73 Å². The predicted molar refractivity (Wildman–Crippen MR) is 54.3 cm³/mol. The van der Waals surface area contributed by atoms with Crippen molar-refractivity contribution in [2.75, 3.05) is 11.9 Å². The molecule has 0 aromatic carbocycles. The molecule has 4 heteroatoms. The summed E-state index contributed by atoms with van der Waals surface area (Å²) in [5.41, 5.74) is 6.30. The molecule has 1 heterocycles. The van der Waals surface area contributed by atoms with Gasteiger partial charge in [-0.2, -0.15) is 0 Å². The minimum atomic E-state index is 0.374. The number of rotatable bonds is 3. The summed E-state index contributed by atoms with van der Waals surface area (Å²) < 4.78 is 0. The van der Waals surface area contributed by atoms with Crippen molar-refractivity contribution in [1.82, 2.24) is 4.98 Å². The van der Waals surface area contributed by atoms with Crippen molar-refractivity contribution in [2.45, 2.75) is 6.92 Å². The topological polar surface area (TPSA) is 50.9 Å². The van der Waals surface area contributed by atoms with Crippen LogP contribution in [0, 0.1) is 0 Å². The van der Waals surface area contributed by atoms with Crippen LogP contribution in [0.3, 0.4) is 0 Å².